The van der Waals surface area contributed by atoms with Gasteiger partial charge in [0.1, 0.15) is 11.6 Å². The number of urea groups is 1. The lowest BCUT2D eigenvalue weighted by Gasteiger charge is -2.25. The van der Waals surface area contributed by atoms with Crippen molar-refractivity contribution in [1.82, 2.24) is 4.98 Å². The molecular weight excluding hydrogens is 448 g/mol. The van der Waals surface area contributed by atoms with Crippen molar-refractivity contribution < 1.29 is 23.1 Å². The fourth-order valence-corrected chi connectivity index (χ4v) is 5.08. The molecule has 2 N–H and O–H groups in total. The molecule has 3 aromatic rings. The van der Waals surface area contributed by atoms with E-state index in [1.165, 1.54) is 7.11 Å². The maximum absolute atomic E-state index is 13.3. The molecule has 1 aliphatic rings. The van der Waals surface area contributed by atoms with E-state index in [1.54, 1.807) is 23.5 Å². The van der Waals surface area contributed by atoms with Crippen molar-refractivity contribution in [3.05, 3.63) is 65.3 Å². The van der Waals surface area contributed by atoms with Gasteiger partial charge < -0.3 is 15.4 Å². The second-order valence-corrected chi connectivity index (χ2v) is 9.01. The van der Waals surface area contributed by atoms with Crippen LogP contribution < -0.4 is 10.6 Å². The lowest BCUT2D eigenvalue weighted by Crippen LogP contribution is -2.22. The second-order valence-electron chi connectivity index (χ2n) is 7.95. The molecule has 1 fully saturated rings. The van der Waals surface area contributed by atoms with Gasteiger partial charge in [0, 0.05) is 29.6 Å². The van der Waals surface area contributed by atoms with Crippen LogP contribution in [0.4, 0.5) is 25.0 Å². The summed E-state index contributed by atoms with van der Waals surface area (Å²) in [5.41, 5.74) is 1.54. The maximum Gasteiger partial charge on any atom is 0.323 e. The number of hydrogen-bond donors (Lipinski definition) is 2. The molecule has 0 atom stereocenters. The highest BCUT2D eigenvalue weighted by Gasteiger charge is 2.29. The molecule has 1 saturated carbocycles. The van der Waals surface area contributed by atoms with Crippen LogP contribution in [0.2, 0.25) is 0 Å². The number of hydrogen-bond acceptors (Lipinski definition) is 5. The number of carbonyl (C=O) groups is 2. The molecule has 33 heavy (non-hydrogen) atoms. The van der Waals surface area contributed by atoms with Crippen molar-refractivity contribution in [2.45, 2.75) is 31.6 Å². The Labute approximate surface area is 194 Å². The highest BCUT2D eigenvalue weighted by atomic mass is 32.1. The van der Waals surface area contributed by atoms with Crippen molar-refractivity contribution in [1.29, 1.82) is 0 Å². The molecule has 2 amide bonds. The van der Waals surface area contributed by atoms with E-state index in [0.717, 1.165) is 59.3 Å². The van der Waals surface area contributed by atoms with Gasteiger partial charge in [-0.2, -0.15) is 0 Å². The number of aromatic nitrogens is 1. The number of nitrogens with one attached hydrogen (secondary N) is 2. The number of rotatable bonds is 5. The van der Waals surface area contributed by atoms with Crippen LogP contribution in [0.15, 0.2) is 48.7 Å². The van der Waals surface area contributed by atoms with Crippen LogP contribution in [-0.2, 0) is 9.53 Å². The maximum atomic E-state index is 13.3. The van der Waals surface area contributed by atoms with Crippen LogP contribution in [0.3, 0.4) is 0 Å². The van der Waals surface area contributed by atoms with Crippen LogP contribution in [0.5, 0.6) is 0 Å². The predicted molar refractivity (Wildman–Crippen MR) is 123 cm³/mol. The molecule has 0 aliphatic heterocycles. The number of thiazole rings is 1. The molecular formula is C24H23F2N3O3S. The van der Waals surface area contributed by atoms with E-state index < -0.39 is 17.7 Å². The Morgan fingerprint density at radius 2 is 1.61 bits per heavy atom. The second kappa shape index (κ2) is 10.1. The Morgan fingerprint density at radius 3 is 2.24 bits per heavy atom. The van der Waals surface area contributed by atoms with E-state index in [4.69, 9.17) is 4.74 Å². The first kappa shape index (κ1) is 22.8. The fourth-order valence-electron chi connectivity index (χ4n) is 3.99. The molecule has 1 aliphatic carbocycles. The predicted octanol–water partition coefficient (Wildman–Crippen LogP) is 6.18. The van der Waals surface area contributed by atoms with Gasteiger partial charge in [-0.15, -0.1) is 11.3 Å². The topological polar surface area (TPSA) is 80.3 Å². The Hall–Kier alpha value is -3.33. The molecule has 4 rings (SSSR count). The van der Waals surface area contributed by atoms with Crippen molar-refractivity contribution in [3.63, 3.8) is 0 Å². The Balaban J connectivity index is 1.34. The zero-order valence-electron chi connectivity index (χ0n) is 17.9. The molecule has 172 valence electrons. The molecule has 0 radical (unpaired) electrons. The summed E-state index contributed by atoms with van der Waals surface area (Å²) in [6.07, 6.45) is 5.31. The zero-order valence-corrected chi connectivity index (χ0v) is 18.8. The normalized spacial score (nSPS) is 17.9. The molecule has 2 aromatic carbocycles. The number of amides is 2. The molecule has 9 heteroatoms. The third-order valence-electron chi connectivity index (χ3n) is 5.68. The standard InChI is InChI=1S/C24H23F2N3O3S/c1-32-23(30)16-4-2-15(3-5-16)22-27-13-21(33-22)14-6-8-19(9-7-14)28-24(31)29-20-11-17(25)10-18(26)12-20/h6-13,15-16H,2-5H2,1H3,(H2,28,29,31). The first-order valence-corrected chi connectivity index (χ1v) is 11.4. The van der Waals surface area contributed by atoms with Gasteiger partial charge >= 0.3 is 12.0 Å². The highest BCUT2D eigenvalue weighted by Crippen LogP contribution is 2.39. The van der Waals surface area contributed by atoms with Gasteiger partial charge in [-0.05, 0) is 55.5 Å². The number of methoxy groups -OCH3 is 1. The third kappa shape index (κ3) is 5.73. The van der Waals surface area contributed by atoms with Crippen LogP contribution in [0.25, 0.3) is 10.4 Å². The van der Waals surface area contributed by atoms with Crippen molar-refractivity contribution in [2.24, 2.45) is 5.92 Å². The Morgan fingerprint density at radius 1 is 0.970 bits per heavy atom. The summed E-state index contributed by atoms with van der Waals surface area (Å²) in [6.45, 7) is 0. The first-order chi connectivity index (χ1) is 15.9. The Kier molecular flexibility index (Phi) is 6.98. The smallest absolute Gasteiger partial charge is 0.323 e. The van der Waals surface area contributed by atoms with Crippen LogP contribution in [-0.4, -0.2) is 24.1 Å². The van der Waals surface area contributed by atoms with Crippen molar-refractivity contribution in [3.8, 4) is 10.4 Å². The quantitative estimate of drug-likeness (QED) is 0.436. The van der Waals surface area contributed by atoms with Gasteiger partial charge in [0.15, 0.2) is 0 Å². The van der Waals surface area contributed by atoms with Gasteiger partial charge in [-0.3, -0.25) is 4.79 Å². The van der Waals surface area contributed by atoms with E-state index in [2.05, 4.69) is 15.6 Å². The van der Waals surface area contributed by atoms with Gasteiger partial charge in [-0.1, -0.05) is 12.1 Å². The minimum absolute atomic E-state index is 0.0112. The molecule has 0 unspecified atom stereocenters. The van der Waals surface area contributed by atoms with E-state index in [-0.39, 0.29) is 17.6 Å². The molecule has 6 nitrogen and oxygen atoms in total. The van der Waals surface area contributed by atoms with Gasteiger partial charge in [0.25, 0.3) is 0 Å². The summed E-state index contributed by atoms with van der Waals surface area (Å²) >= 11 is 1.63. The van der Waals surface area contributed by atoms with Gasteiger partial charge in [-0.25, -0.2) is 18.6 Å². The molecule has 0 bridgehead atoms. The number of nitrogens with zero attached hydrogens (tertiary/aromatic N) is 1. The Bertz CT molecular complexity index is 1120. The molecule has 0 spiro atoms. The van der Waals surface area contributed by atoms with Crippen LogP contribution in [0, 0.1) is 17.6 Å². The van der Waals surface area contributed by atoms with Crippen LogP contribution in [0.1, 0.15) is 36.6 Å². The summed E-state index contributed by atoms with van der Waals surface area (Å²) in [4.78, 5) is 29.5. The van der Waals surface area contributed by atoms with E-state index >= 15 is 0 Å². The summed E-state index contributed by atoms with van der Waals surface area (Å²) in [6, 6.07) is 9.47. The summed E-state index contributed by atoms with van der Waals surface area (Å²) in [5, 5.41) is 6.11. The third-order valence-corrected chi connectivity index (χ3v) is 6.89. The number of halogens is 2. The average molecular weight is 472 g/mol. The number of benzene rings is 2. The number of esters is 1. The molecule has 1 aromatic heterocycles. The number of anilines is 2. The number of carbonyl (C=O) groups excluding carboxylic acids is 2. The molecule has 0 saturated heterocycles. The summed E-state index contributed by atoms with van der Waals surface area (Å²) in [5.74, 6) is -1.33. The van der Waals surface area contributed by atoms with Crippen molar-refractivity contribution >= 4 is 34.7 Å². The van der Waals surface area contributed by atoms with E-state index in [0.29, 0.717) is 11.6 Å². The minimum atomic E-state index is -0.768. The SMILES string of the molecule is COC(=O)C1CCC(c2ncc(-c3ccc(NC(=O)Nc4cc(F)cc(F)c4)cc3)s2)CC1. The lowest BCUT2D eigenvalue weighted by molar-refractivity contribution is -0.146. The van der Waals surface area contributed by atoms with Gasteiger partial charge in [0.05, 0.1) is 22.9 Å². The van der Waals surface area contributed by atoms with Crippen LogP contribution >= 0.6 is 11.3 Å². The molecule has 1 heterocycles. The number of ether oxygens (including phenoxy) is 1. The average Bonchev–Trinajstić information content (AvgIpc) is 3.28. The highest BCUT2D eigenvalue weighted by molar-refractivity contribution is 7.15. The largest absolute Gasteiger partial charge is 0.469 e. The summed E-state index contributed by atoms with van der Waals surface area (Å²) in [7, 11) is 1.43. The van der Waals surface area contributed by atoms with Crippen molar-refractivity contribution in [2.75, 3.05) is 17.7 Å². The summed E-state index contributed by atoms with van der Waals surface area (Å²) < 4.78 is 31.4. The zero-order chi connectivity index (χ0) is 23.4. The lowest BCUT2D eigenvalue weighted by atomic mass is 9.82. The van der Waals surface area contributed by atoms with E-state index in [1.807, 2.05) is 18.3 Å². The van der Waals surface area contributed by atoms with Gasteiger partial charge in [0.2, 0.25) is 0 Å². The fraction of sp³-hybridized carbons (Fsp3) is 0.292. The first-order valence-electron chi connectivity index (χ1n) is 10.6. The minimum Gasteiger partial charge on any atom is -0.469 e. The van der Waals surface area contributed by atoms with E-state index in [9.17, 15) is 18.4 Å². The monoisotopic (exact) mass is 471 g/mol.